The van der Waals surface area contributed by atoms with Gasteiger partial charge in [-0.15, -0.1) is 0 Å². The van der Waals surface area contributed by atoms with Crippen LogP contribution < -0.4 is 5.46 Å². The Morgan fingerprint density at radius 3 is 2.29 bits per heavy atom. The van der Waals surface area contributed by atoms with Crippen molar-refractivity contribution in [2.24, 2.45) is 7.05 Å². The van der Waals surface area contributed by atoms with Gasteiger partial charge < -0.3 is 9.31 Å². The van der Waals surface area contributed by atoms with E-state index in [1.165, 1.54) is 0 Å². The van der Waals surface area contributed by atoms with Crippen LogP contribution in [0.5, 0.6) is 0 Å². The third-order valence-electron chi connectivity index (χ3n) is 4.29. The lowest BCUT2D eigenvalue weighted by molar-refractivity contribution is 0.00578. The molecule has 3 heterocycles. The molecule has 6 heteroatoms. The molecule has 1 aliphatic rings. The Morgan fingerprint density at radius 1 is 1.05 bits per heavy atom. The lowest BCUT2D eigenvalue weighted by atomic mass is 9.79. The van der Waals surface area contributed by atoms with E-state index in [-0.39, 0.29) is 18.3 Å². The van der Waals surface area contributed by atoms with Crippen LogP contribution in [0.1, 0.15) is 27.7 Å². The fraction of sp³-hybridized carbons (Fsp3) is 0.467. The number of hydrogen-bond acceptors (Lipinski definition) is 4. The summed E-state index contributed by atoms with van der Waals surface area (Å²) in [5.41, 5.74) is 1.95. The average Bonchev–Trinajstić information content (AvgIpc) is 2.92. The SMILES string of the molecule is Cn1ccc(-c2cc(B3OC(C)(C)C(C)(C)O3)ccn2)n1. The van der Waals surface area contributed by atoms with E-state index >= 15 is 0 Å². The number of nitrogens with zero attached hydrogens (tertiary/aromatic N) is 3. The van der Waals surface area contributed by atoms with Crippen LogP contribution in [-0.4, -0.2) is 33.1 Å². The molecule has 0 amide bonds. The molecule has 0 aliphatic carbocycles. The molecule has 2 aromatic heterocycles. The van der Waals surface area contributed by atoms with E-state index < -0.39 is 0 Å². The summed E-state index contributed by atoms with van der Waals surface area (Å²) in [4.78, 5) is 4.38. The molecular weight excluding hydrogens is 265 g/mol. The van der Waals surface area contributed by atoms with E-state index in [1.54, 1.807) is 10.9 Å². The Kier molecular flexibility index (Phi) is 3.18. The van der Waals surface area contributed by atoms with Crippen molar-refractivity contribution < 1.29 is 9.31 Å². The predicted octanol–water partition coefficient (Wildman–Crippen LogP) is 1.78. The molecule has 5 nitrogen and oxygen atoms in total. The summed E-state index contributed by atoms with van der Waals surface area (Å²) < 4.78 is 13.9. The van der Waals surface area contributed by atoms with E-state index in [9.17, 15) is 0 Å². The molecule has 0 N–H and O–H groups in total. The van der Waals surface area contributed by atoms with Crippen molar-refractivity contribution in [1.82, 2.24) is 14.8 Å². The molecule has 0 saturated carbocycles. The topological polar surface area (TPSA) is 49.2 Å². The van der Waals surface area contributed by atoms with Gasteiger partial charge in [-0.05, 0) is 51.4 Å². The van der Waals surface area contributed by atoms with Crippen molar-refractivity contribution in [3.8, 4) is 11.4 Å². The molecule has 0 radical (unpaired) electrons. The minimum Gasteiger partial charge on any atom is -0.399 e. The normalized spacial score (nSPS) is 20.0. The molecular formula is C15H20BN3O2. The van der Waals surface area contributed by atoms with E-state index in [0.717, 1.165) is 16.9 Å². The zero-order chi connectivity index (χ0) is 15.3. The fourth-order valence-electron chi connectivity index (χ4n) is 2.26. The van der Waals surface area contributed by atoms with E-state index in [4.69, 9.17) is 9.31 Å². The van der Waals surface area contributed by atoms with Gasteiger partial charge in [-0.25, -0.2) is 0 Å². The third-order valence-corrected chi connectivity index (χ3v) is 4.29. The summed E-state index contributed by atoms with van der Waals surface area (Å²) in [5, 5.41) is 4.38. The number of aryl methyl sites for hydroxylation is 1. The van der Waals surface area contributed by atoms with Crippen LogP contribution in [0.2, 0.25) is 0 Å². The maximum Gasteiger partial charge on any atom is 0.494 e. The zero-order valence-corrected chi connectivity index (χ0v) is 13.1. The van der Waals surface area contributed by atoms with Gasteiger partial charge in [0.15, 0.2) is 0 Å². The summed E-state index contributed by atoms with van der Waals surface area (Å²) in [5.74, 6) is 0. The average molecular weight is 285 g/mol. The first-order valence-electron chi connectivity index (χ1n) is 7.10. The predicted molar refractivity (Wildman–Crippen MR) is 82.2 cm³/mol. The monoisotopic (exact) mass is 285 g/mol. The first-order chi connectivity index (χ1) is 9.78. The van der Waals surface area contributed by atoms with Gasteiger partial charge in [0, 0.05) is 19.4 Å². The molecule has 2 aromatic rings. The quantitative estimate of drug-likeness (QED) is 0.789. The number of rotatable bonds is 2. The van der Waals surface area contributed by atoms with Crippen LogP contribution in [0.4, 0.5) is 0 Å². The van der Waals surface area contributed by atoms with Gasteiger partial charge in [0.1, 0.15) is 5.69 Å². The molecule has 0 spiro atoms. The molecule has 1 saturated heterocycles. The molecule has 110 valence electrons. The molecule has 0 bridgehead atoms. The standard InChI is InChI=1S/C15H20BN3O2/c1-14(2)15(3,4)21-16(20-14)11-6-8-17-13(10-11)12-7-9-19(5)18-12/h6-10H,1-5H3. The Balaban J connectivity index is 1.91. The minimum absolute atomic E-state index is 0.341. The lowest BCUT2D eigenvalue weighted by Gasteiger charge is -2.32. The lowest BCUT2D eigenvalue weighted by Crippen LogP contribution is -2.41. The molecule has 0 atom stereocenters. The summed E-state index contributed by atoms with van der Waals surface area (Å²) in [6, 6.07) is 5.84. The van der Waals surface area contributed by atoms with E-state index in [0.29, 0.717) is 0 Å². The maximum atomic E-state index is 6.07. The highest BCUT2D eigenvalue weighted by atomic mass is 16.7. The molecule has 0 aromatic carbocycles. The van der Waals surface area contributed by atoms with Gasteiger partial charge in [-0.2, -0.15) is 5.10 Å². The largest absolute Gasteiger partial charge is 0.494 e. The second kappa shape index (κ2) is 4.68. The van der Waals surface area contributed by atoms with Gasteiger partial charge in [0.2, 0.25) is 0 Å². The van der Waals surface area contributed by atoms with Crippen molar-refractivity contribution >= 4 is 12.6 Å². The fourth-order valence-corrected chi connectivity index (χ4v) is 2.26. The van der Waals surface area contributed by atoms with Crippen LogP contribution >= 0.6 is 0 Å². The second-order valence-corrected chi connectivity index (χ2v) is 6.44. The minimum atomic E-state index is -0.375. The van der Waals surface area contributed by atoms with Gasteiger partial charge >= 0.3 is 7.12 Å². The van der Waals surface area contributed by atoms with Crippen LogP contribution in [0.3, 0.4) is 0 Å². The van der Waals surface area contributed by atoms with Crippen molar-refractivity contribution in [2.45, 2.75) is 38.9 Å². The van der Waals surface area contributed by atoms with Crippen molar-refractivity contribution in [3.05, 3.63) is 30.6 Å². The van der Waals surface area contributed by atoms with Crippen LogP contribution in [0.25, 0.3) is 11.4 Å². The number of hydrogen-bond donors (Lipinski definition) is 0. The van der Waals surface area contributed by atoms with Gasteiger partial charge in [0.05, 0.1) is 16.9 Å². The van der Waals surface area contributed by atoms with Crippen LogP contribution in [0, 0.1) is 0 Å². The Hall–Kier alpha value is -1.66. The second-order valence-electron chi connectivity index (χ2n) is 6.44. The van der Waals surface area contributed by atoms with Crippen LogP contribution in [0.15, 0.2) is 30.6 Å². The smallest absolute Gasteiger partial charge is 0.399 e. The molecule has 3 rings (SSSR count). The van der Waals surface area contributed by atoms with Crippen molar-refractivity contribution in [3.63, 3.8) is 0 Å². The van der Waals surface area contributed by atoms with Gasteiger partial charge in [-0.1, -0.05) is 0 Å². The highest BCUT2D eigenvalue weighted by Crippen LogP contribution is 2.36. The molecule has 1 aliphatic heterocycles. The third kappa shape index (κ3) is 2.49. The van der Waals surface area contributed by atoms with E-state index in [1.807, 2.05) is 59.1 Å². The molecule has 0 unspecified atom stereocenters. The van der Waals surface area contributed by atoms with Crippen LogP contribution in [-0.2, 0) is 16.4 Å². The summed E-state index contributed by atoms with van der Waals surface area (Å²) in [7, 11) is 1.52. The number of aromatic nitrogens is 3. The van der Waals surface area contributed by atoms with E-state index in [2.05, 4.69) is 10.1 Å². The summed E-state index contributed by atoms with van der Waals surface area (Å²) >= 11 is 0. The number of pyridine rings is 1. The summed E-state index contributed by atoms with van der Waals surface area (Å²) in [6.07, 6.45) is 3.67. The Labute approximate surface area is 125 Å². The zero-order valence-electron chi connectivity index (χ0n) is 13.1. The highest BCUT2D eigenvalue weighted by Gasteiger charge is 2.51. The first-order valence-corrected chi connectivity index (χ1v) is 7.10. The Morgan fingerprint density at radius 2 is 1.71 bits per heavy atom. The van der Waals surface area contributed by atoms with Crippen molar-refractivity contribution in [1.29, 1.82) is 0 Å². The van der Waals surface area contributed by atoms with Crippen molar-refractivity contribution in [2.75, 3.05) is 0 Å². The maximum absolute atomic E-state index is 6.07. The molecule has 21 heavy (non-hydrogen) atoms. The highest BCUT2D eigenvalue weighted by molar-refractivity contribution is 6.62. The molecule has 1 fully saturated rings. The summed E-state index contributed by atoms with van der Waals surface area (Å²) in [6.45, 7) is 8.20. The Bertz CT molecular complexity index is 650. The van der Waals surface area contributed by atoms with Gasteiger partial charge in [-0.3, -0.25) is 9.67 Å². The van der Waals surface area contributed by atoms with Gasteiger partial charge in [0.25, 0.3) is 0 Å². The first kappa shape index (κ1) is 14.3.